The van der Waals surface area contributed by atoms with Crippen molar-refractivity contribution in [3.63, 3.8) is 0 Å². The molecule has 0 bridgehead atoms. The SMILES string of the molecule is CN(CCCS)c1cccc(F)c1. The van der Waals surface area contributed by atoms with E-state index in [0.29, 0.717) is 0 Å². The minimum atomic E-state index is -0.185. The molecule has 1 nitrogen and oxygen atoms in total. The predicted molar refractivity (Wildman–Crippen MR) is 58.1 cm³/mol. The fraction of sp³-hybridized carbons (Fsp3) is 0.400. The number of hydrogen-bond acceptors (Lipinski definition) is 2. The zero-order valence-electron chi connectivity index (χ0n) is 7.70. The first-order chi connectivity index (χ1) is 6.24. The van der Waals surface area contributed by atoms with Crippen molar-refractivity contribution in [2.75, 3.05) is 24.2 Å². The van der Waals surface area contributed by atoms with E-state index in [1.54, 1.807) is 12.1 Å². The van der Waals surface area contributed by atoms with Crippen LogP contribution in [0.15, 0.2) is 24.3 Å². The van der Waals surface area contributed by atoms with E-state index in [-0.39, 0.29) is 5.82 Å². The summed E-state index contributed by atoms with van der Waals surface area (Å²) in [6, 6.07) is 6.62. The molecule has 1 aromatic carbocycles. The average Bonchev–Trinajstić information content (AvgIpc) is 2.14. The molecule has 72 valence electrons. The normalized spacial score (nSPS) is 10.1. The number of hydrogen-bond donors (Lipinski definition) is 1. The summed E-state index contributed by atoms with van der Waals surface area (Å²) in [7, 11) is 1.96. The molecule has 13 heavy (non-hydrogen) atoms. The highest BCUT2D eigenvalue weighted by Gasteiger charge is 2.00. The monoisotopic (exact) mass is 199 g/mol. The van der Waals surface area contributed by atoms with E-state index in [1.165, 1.54) is 6.07 Å². The van der Waals surface area contributed by atoms with Crippen LogP contribution in [0.3, 0.4) is 0 Å². The summed E-state index contributed by atoms with van der Waals surface area (Å²) in [6.07, 6.45) is 1.01. The molecule has 3 heteroatoms. The molecule has 0 unspecified atom stereocenters. The summed E-state index contributed by atoms with van der Waals surface area (Å²) >= 11 is 4.13. The van der Waals surface area contributed by atoms with Gasteiger partial charge in [0, 0.05) is 19.3 Å². The molecule has 0 atom stereocenters. The molecule has 0 fully saturated rings. The summed E-state index contributed by atoms with van der Waals surface area (Å²) in [5, 5.41) is 0. The van der Waals surface area contributed by atoms with E-state index in [4.69, 9.17) is 0 Å². The lowest BCUT2D eigenvalue weighted by atomic mass is 10.3. The Labute approximate surface area is 84.0 Å². The maximum Gasteiger partial charge on any atom is 0.125 e. The fourth-order valence-corrected chi connectivity index (χ4v) is 1.29. The van der Waals surface area contributed by atoms with Gasteiger partial charge in [0.1, 0.15) is 5.82 Å². The standard InChI is InChI=1S/C10H14FNS/c1-12(6-3-7-13)10-5-2-4-9(11)8-10/h2,4-5,8,13H,3,6-7H2,1H3. The van der Waals surface area contributed by atoms with Crippen LogP contribution in [0.25, 0.3) is 0 Å². The van der Waals surface area contributed by atoms with Crippen LogP contribution in [0.1, 0.15) is 6.42 Å². The Bertz CT molecular complexity index is 265. The van der Waals surface area contributed by atoms with Crippen LogP contribution >= 0.6 is 12.6 Å². The molecule has 0 saturated heterocycles. The molecule has 1 aromatic rings. The highest BCUT2D eigenvalue weighted by atomic mass is 32.1. The zero-order valence-corrected chi connectivity index (χ0v) is 8.60. The van der Waals surface area contributed by atoms with Gasteiger partial charge in [0.2, 0.25) is 0 Å². The van der Waals surface area contributed by atoms with Gasteiger partial charge in [0.25, 0.3) is 0 Å². The first-order valence-electron chi connectivity index (χ1n) is 4.31. The van der Waals surface area contributed by atoms with Crippen molar-refractivity contribution in [2.24, 2.45) is 0 Å². The highest BCUT2D eigenvalue weighted by molar-refractivity contribution is 7.80. The first-order valence-corrected chi connectivity index (χ1v) is 4.95. The lowest BCUT2D eigenvalue weighted by Crippen LogP contribution is -2.18. The van der Waals surface area contributed by atoms with Crippen LogP contribution in [0.5, 0.6) is 0 Å². The smallest absolute Gasteiger partial charge is 0.125 e. The van der Waals surface area contributed by atoms with Crippen molar-refractivity contribution >= 4 is 18.3 Å². The average molecular weight is 199 g/mol. The van der Waals surface area contributed by atoms with Gasteiger partial charge < -0.3 is 4.90 Å². The molecular formula is C10H14FNS. The first kappa shape index (κ1) is 10.4. The lowest BCUT2D eigenvalue weighted by Gasteiger charge is -2.18. The van der Waals surface area contributed by atoms with E-state index in [1.807, 2.05) is 18.0 Å². The Balaban J connectivity index is 2.60. The van der Waals surface area contributed by atoms with Crippen molar-refractivity contribution in [1.82, 2.24) is 0 Å². The van der Waals surface area contributed by atoms with Crippen molar-refractivity contribution in [1.29, 1.82) is 0 Å². The van der Waals surface area contributed by atoms with E-state index in [2.05, 4.69) is 12.6 Å². The van der Waals surface area contributed by atoms with Crippen LogP contribution in [0, 0.1) is 5.82 Å². The molecule has 0 aliphatic heterocycles. The van der Waals surface area contributed by atoms with E-state index in [9.17, 15) is 4.39 Å². The van der Waals surface area contributed by atoms with Crippen molar-refractivity contribution in [3.05, 3.63) is 30.1 Å². The summed E-state index contributed by atoms with van der Waals surface area (Å²) in [5.41, 5.74) is 0.918. The number of benzene rings is 1. The highest BCUT2D eigenvalue weighted by Crippen LogP contribution is 2.13. The Hall–Kier alpha value is -0.700. The zero-order chi connectivity index (χ0) is 9.68. The molecule has 0 spiro atoms. The van der Waals surface area contributed by atoms with Gasteiger partial charge in [-0.25, -0.2) is 4.39 Å². The Morgan fingerprint density at radius 2 is 2.23 bits per heavy atom. The van der Waals surface area contributed by atoms with Crippen molar-refractivity contribution < 1.29 is 4.39 Å². The van der Waals surface area contributed by atoms with Gasteiger partial charge in [0.15, 0.2) is 0 Å². The van der Waals surface area contributed by atoms with Crippen molar-refractivity contribution in [2.45, 2.75) is 6.42 Å². The molecule has 0 amide bonds. The second-order valence-electron chi connectivity index (χ2n) is 2.98. The van der Waals surface area contributed by atoms with Gasteiger partial charge in [0.05, 0.1) is 0 Å². The largest absolute Gasteiger partial charge is 0.374 e. The quantitative estimate of drug-likeness (QED) is 0.729. The molecule has 0 saturated carbocycles. The van der Waals surface area contributed by atoms with Gasteiger partial charge >= 0.3 is 0 Å². The molecule has 0 aliphatic rings. The van der Waals surface area contributed by atoms with E-state index >= 15 is 0 Å². The van der Waals surface area contributed by atoms with Crippen LogP contribution < -0.4 is 4.90 Å². The fourth-order valence-electron chi connectivity index (χ4n) is 1.15. The second kappa shape index (κ2) is 5.12. The molecule has 0 N–H and O–H groups in total. The third-order valence-electron chi connectivity index (χ3n) is 1.90. The van der Waals surface area contributed by atoms with Gasteiger partial charge in [-0.2, -0.15) is 12.6 Å². The number of thiol groups is 1. The van der Waals surface area contributed by atoms with Crippen LogP contribution in [0.4, 0.5) is 10.1 Å². The maximum absolute atomic E-state index is 12.8. The van der Waals surface area contributed by atoms with Gasteiger partial charge in [-0.1, -0.05) is 6.07 Å². The van der Waals surface area contributed by atoms with Gasteiger partial charge in [-0.3, -0.25) is 0 Å². The topological polar surface area (TPSA) is 3.24 Å². The van der Waals surface area contributed by atoms with Crippen LogP contribution in [0.2, 0.25) is 0 Å². The lowest BCUT2D eigenvalue weighted by molar-refractivity contribution is 0.627. The summed E-state index contributed by atoms with van der Waals surface area (Å²) in [4.78, 5) is 2.03. The van der Waals surface area contributed by atoms with Crippen molar-refractivity contribution in [3.8, 4) is 0 Å². The Morgan fingerprint density at radius 1 is 1.46 bits per heavy atom. The minimum Gasteiger partial charge on any atom is -0.374 e. The third-order valence-corrected chi connectivity index (χ3v) is 2.22. The Morgan fingerprint density at radius 3 is 2.85 bits per heavy atom. The summed E-state index contributed by atoms with van der Waals surface area (Å²) in [5.74, 6) is 0.676. The summed E-state index contributed by atoms with van der Waals surface area (Å²) in [6.45, 7) is 0.910. The molecule has 0 aliphatic carbocycles. The molecule has 1 rings (SSSR count). The third kappa shape index (κ3) is 3.27. The maximum atomic E-state index is 12.8. The Kier molecular flexibility index (Phi) is 4.09. The molecule has 0 aromatic heterocycles. The van der Waals surface area contributed by atoms with E-state index < -0.39 is 0 Å². The molecule has 0 heterocycles. The molecule has 0 radical (unpaired) electrons. The van der Waals surface area contributed by atoms with Gasteiger partial charge in [-0.05, 0) is 30.4 Å². The number of anilines is 1. The number of rotatable bonds is 4. The van der Waals surface area contributed by atoms with E-state index in [0.717, 1.165) is 24.4 Å². The second-order valence-corrected chi connectivity index (χ2v) is 3.43. The van der Waals surface area contributed by atoms with Crippen LogP contribution in [-0.2, 0) is 0 Å². The number of halogens is 1. The molecular weight excluding hydrogens is 185 g/mol. The minimum absolute atomic E-state index is 0.185. The number of nitrogens with zero attached hydrogens (tertiary/aromatic N) is 1. The van der Waals surface area contributed by atoms with Crippen LogP contribution in [-0.4, -0.2) is 19.3 Å². The van der Waals surface area contributed by atoms with Gasteiger partial charge in [-0.15, -0.1) is 0 Å². The predicted octanol–water partition coefficient (Wildman–Crippen LogP) is 2.58. The summed E-state index contributed by atoms with van der Waals surface area (Å²) < 4.78 is 12.8.